The maximum atomic E-state index is 9.74. The van der Waals surface area contributed by atoms with E-state index in [-0.39, 0.29) is 12.1 Å². The second-order valence-corrected chi connectivity index (χ2v) is 7.09. The van der Waals surface area contributed by atoms with Gasteiger partial charge in [0.15, 0.2) is 0 Å². The van der Waals surface area contributed by atoms with Gasteiger partial charge in [0.25, 0.3) is 0 Å². The van der Waals surface area contributed by atoms with Gasteiger partial charge in [-0.25, -0.2) is 0 Å². The number of aliphatic hydroxyl groups is 1. The lowest BCUT2D eigenvalue weighted by Crippen LogP contribution is -2.62. The lowest BCUT2D eigenvalue weighted by atomic mass is 9.98. The van der Waals surface area contributed by atoms with Crippen LogP contribution in [0.1, 0.15) is 40.5 Å². The SMILES string of the molecule is CC(C)NC(C)(CO)CN1CC2CCCN2CC1C. The first-order chi connectivity index (χ1) is 8.93. The topological polar surface area (TPSA) is 38.7 Å². The number of nitrogens with zero attached hydrogens (tertiary/aromatic N) is 2. The highest BCUT2D eigenvalue weighted by Gasteiger charge is 2.37. The zero-order chi connectivity index (χ0) is 14.0. The number of piperazine rings is 1. The summed E-state index contributed by atoms with van der Waals surface area (Å²) in [6.45, 7) is 13.5. The second kappa shape index (κ2) is 6.08. The molecule has 2 rings (SSSR count). The molecule has 0 bridgehead atoms. The van der Waals surface area contributed by atoms with E-state index in [0.717, 1.165) is 19.1 Å². The van der Waals surface area contributed by atoms with Crippen molar-refractivity contribution in [1.29, 1.82) is 0 Å². The summed E-state index contributed by atoms with van der Waals surface area (Å²) < 4.78 is 0. The number of fused-ring (bicyclic) bond motifs is 1. The number of hydrogen-bond donors (Lipinski definition) is 2. The molecular weight excluding hydrogens is 238 g/mol. The average molecular weight is 269 g/mol. The lowest BCUT2D eigenvalue weighted by molar-refractivity contribution is 0.0250. The Hall–Kier alpha value is -0.160. The Balaban J connectivity index is 1.96. The maximum absolute atomic E-state index is 9.74. The van der Waals surface area contributed by atoms with E-state index < -0.39 is 0 Å². The van der Waals surface area contributed by atoms with Crippen LogP contribution in [0, 0.1) is 0 Å². The molecule has 2 heterocycles. The van der Waals surface area contributed by atoms with Crippen LogP contribution >= 0.6 is 0 Å². The van der Waals surface area contributed by atoms with E-state index in [1.165, 1.54) is 25.9 Å². The predicted octanol–water partition coefficient (Wildman–Crippen LogP) is 0.904. The van der Waals surface area contributed by atoms with Crippen molar-refractivity contribution in [3.05, 3.63) is 0 Å². The van der Waals surface area contributed by atoms with Crippen molar-refractivity contribution < 1.29 is 5.11 Å². The average Bonchev–Trinajstić information content (AvgIpc) is 2.75. The van der Waals surface area contributed by atoms with E-state index in [1.807, 2.05) is 0 Å². The van der Waals surface area contributed by atoms with Crippen LogP contribution in [0.3, 0.4) is 0 Å². The van der Waals surface area contributed by atoms with Crippen LogP contribution in [-0.4, -0.2) is 71.4 Å². The molecule has 4 heteroatoms. The fourth-order valence-corrected chi connectivity index (χ4v) is 3.75. The third-order valence-corrected chi connectivity index (χ3v) is 4.60. The van der Waals surface area contributed by atoms with Crippen LogP contribution in [0.4, 0.5) is 0 Å². The summed E-state index contributed by atoms with van der Waals surface area (Å²) in [6.07, 6.45) is 2.70. The smallest absolute Gasteiger partial charge is 0.0623 e. The molecule has 0 amide bonds. The van der Waals surface area contributed by atoms with E-state index in [1.54, 1.807) is 0 Å². The summed E-state index contributed by atoms with van der Waals surface area (Å²) in [6, 6.07) is 1.74. The van der Waals surface area contributed by atoms with Crippen LogP contribution in [0.5, 0.6) is 0 Å². The van der Waals surface area contributed by atoms with Gasteiger partial charge in [0.2, 0.25) is 0 Å². The van der Waals surface area contributed by atoms with Gasteiger partial charge in [-0.3, -0.25) is 9.80 Å². The minimum Gasteiger partial charge on any atom is -0.394 e. The van der Waals surface area contributed by atoms with Gasteiger partial charge < -0.3 is 10.4 Å². The number of rotatable bonds is 5. The Morgan fingerprint density at radius 2 is 2.11 bits per heavy atom. The molecule has 2 aliphatic heterocycles. The molecule has 4 nitrogen and oxygen atoms in total. The number of hydrogen-bond acceptors (Lipinski definition) is 4. The van der Waals surface area contributed by atoms with Crippen LogP contribution in [0.2, 0.25) is 0 Å². The van der Waals surface area contributed by atoms with Crippen LogP contribution in [-0.2, 0) is 0 Å². The number of nitrogens with one attached hydrogen (secondary N) is 1. The zero-order valence-corrected chi connectivity index (χ0v) is 13.0. The summed E-state index contributed by atoms with van der Waals surface area (Å²) >= 11 is 0. The van der Waals surface area contributed by atoms with Gasteiger partial charge in [-0.05, 0) is 33.2 Å². The van der Waals surface area contributed by atoms with Gasteiger partial charge in [-0.1, -0.05) is 13.8 Å². The van der Waals surface area contributed by atoms with Crippen molar-refractivity contribution in [3.63, 3.8) is 0 Å². The van der Waals surface area contributed by atoms with Crippen molar-refractivity contribution in [2.45, 2.75) is 64.2 Å². The van der Waals surface area contributed by atoms with Gasteiger partial charge >= 0.3 is 0 Å². The highest BCUT2D eigenvalue weighted by atomic mass is 16.3. The largest absolute Gasteiger partial charge is 0.394 e. The molecule has 0 aromatic heterocycles. The first-order valence-corrected chi connectivity index (χ1v) is 7.80. The Morgan fingerprint density at radius 1 is 1.37 bits per heavy atom. The molecule has 2 saturated heterocycles. The monoisotopic (exact) mass is 269 g/mol. The summed E-state index contributed by atoms with van der Waals surface area (Å²) in [5.74, 6) is 0. The first-order valence-electron chi connectivity index (χ1n) is 7.80. The van der Waals surface area contributed by atoms with E-state index >= 15 is 0 Å². The van der Waals surface area contributed by atoms with E-state index in [2.05, 4.69) is 42.8 Å². The van der Waals surface area contributed by atoms with E-state index in [4.69, 9.17) is 0 Å². The Labute approximate surface area is 118 Å². The number of aliphatic hydroxyl groups excluding tert-OH is 1. The van der Waals surface area contributed by atoms with Gasteiger partial charge in [0.1, 0.15) is 0 Å². The van der Waals surface area contributed by atoms with Crippen molar-refractivity contribution >= 4 is 0 Å². The fourth-order valence-electron chi connectivity index (χ4n) is 3.75. The lowest BCUT2D eigenvalue weighted by Gasteiger charge is -2.46. The quantitative estimate of drug-likeness (QED) is 0.778. The predicted molar refractivity (Wildman–Crippen MR) is 79.4 cm³/mol. The van der Waals surface area contributed by atoms with Gasteiger partial charge in [-0.15, -0.1) is 0 Å². The Bertz CT molecular complexity index is 297. The van der Waals surface area contributed by atoms with Crippen LogP contribution in [0.15, 0.2) is 0 Å². The van der Waals surface area contributed by atoms with E-state index in [9.17, 15) is 5.11 Å². The molecule has 2 fully saturated rings. The molecule has 0 aliphatic carbocycles. The van der Waals surface area contributed by atoms with Crippen molar-refractivity contribution in [2.24, 2.45) is 0 Å². The summed E-state index contributed by atoms with van der Waals surface area (Å²) in [7, 11) is 0. The van der Waals surface area contributed by atoms with E-state index in [0.29, 0.717) is 12.1 Å². The molecule has 0 radical (unpaired) electrons. The molecule has 0 spiro atoms. The third-order valence-electron chi connectivity index (χ3n) is 4.60. The van der Waals surface area contributed by atoms with Gasteiger partial charge in [0.05, 0.1) is 12.1 Å². The molecule has 3 atom stereocenters. The first kappa shape index (κ1) is 15.2. The second-order valence-electron chi connectivity index (χ2n) is 7.09. The minimum absolute atomic E-state index is 0.191. The fraction of sp³-hybridized carbons (Fsp3) is 1.00. The molecular formula is C15H31N3O. The molecule has 3 unspecified atom stereocenters. The maximum Gasteiger partial charge on any atom is 0.0623 e. The standard InChI is InChI=1S/C15H31N3O/c1-12(2)16-15(4,11-19)10-18-9-14-6-5-7-17(14)8-13(18)3/h12-14,16,19H,5-11H2,1-4H3. The summed E-state index contributed by atoms with van der Waals surface area (Å²) in [5.41, 5.74) is -0.191. The molecule has 0 saturated carbocycles. The zero-order valence-electron chi connectivity index (χ0n) is 13.0. The highest BCUT2D eigenvalue weighted by molar-refractivity contribution is 4.95. The molecule has 2 aliphatic rings. The summed E-state index contributed by atoms with van der Waals surface area (Å²) in [4.78, 5) is 5.21. The van der Waals surface area contributed by atoms with Gasteiger partial charge in [0, 0.05) is 37.8 Å². The summed E-state index contributed by atoms with van der Waals surface area (Å²) in [5, 5.41) is 13.3. The third kappa shape index (κ3) is 3.69. The van der Waals surface area contributed by atoms with Gasteiger partial charge in [-0.2, -0.15) is 0 Å². The molecule has 112 valence electrons. The molecule has 19 heavy (non-hydrogen) atoms. The van der Waals surface area contributed by atoms with Crippen LogP contribution < -0.4 is 5.32 Å². The van der Waals surface area contributed by atoms with Crippen molar-refractivity contribution in [3.8, 4) is 0 Å². The highest BCUT2D eigenvalue weighted by Crippen LogP contribution is 2.25. The van der Waals surface area contributed by atoms with Crippen molar-refractivity contribution in [2.75, 3.05) is 32.8 Å². The van der Waals surface area contributed by atoms with Crippen molar-refractivity contribution in [1.82, 2.24) is 15.1 Å². The molecule has 0 aromatic rings. The Kier molecular flexibility index (Phi) is 4.88. The minimum atomic E-state index is -0.191. The molecule has 2 N–H and O–H groups in total. The molecule has 0 aromatic carbocycles. The Morgan fingerprint density at radius 3 is 2.74 bits per heavy atom. The normalized spacial score (nSPS) is 32.5. The van der Waals surface area contributed by atoms with Crippen LogP contribution in [0.25, 0.3) is 0 Å².